The molecule has 0 aromatic carbocycles. The van der Waals surface area contributed by atoms with Crippen LogP contribution in [0.1, 0.15) is 79.3 Å². The molecule has 0 radical (unpaired) electrons. The predicted molar refractivity (Wildman–Crippen MR) is 111 cm³/mol. The van der Waals surface area contributed by atoms with Gasteiger partial charge in [-0.25, -0.2) is 9.78 Å². The molecule has 1 aromatic rings. The SMILES string of the molecule is CC(=O)N1c2ccc(NC(=O)OCC(C)(C)C)nc2C2(CCCCC2)C1(C)C. The predicted octanol–water partition coefficient (Wildman–Crippen LogP) is 5.02. The van der Waals surface area contributed by atoms with Crippen LogP contribution in [0.5, 0.6) is 0 Å². The number of pyridine rings is 1. The fraction of sp³-hybridized carbons (Fsp3) is 0.682. The van der Waals surface area contributed by atoms with Crippen LogP contribution in [0.3, 0.4) is 0 Å². The number of carbonyl (C=O) groups excluding carboxylic acids is 2. The summed E-state index contributed by atoms with van der Waals surface area (Å²) >= 11 is 0. The van der Waals surface area contributed by atoms with Gasteiger partial charge in [-0.2, -0.15) is 0 Å². The second-order valence-corrected chi connectivity index (χ2v) is 9.88. The lowest BCUT2D eigenvalue weighted by atomic mass is 9.62. The van der Waals surface area contributed by atoms with Gasteiger partial charge in [0.15, 0.2) is 0 Å². The molecule has 1 aromatic heterocycles. The lowest BCUT2D eigenvalue weighted by Crippen LogP contribution is -2.56. The fourth-order valence-electron chi connectivity index (χ4n) is 4.85. The molecule has 0 bridgehead atoms. The Morgan fingerprint density at radius 3 is 2.39 bits per heavy atom. The molecule has 2 amide bonds. The molecule has 6 heteroatoms. The van der Waals surface area contributed by atoms with Gasteiger partial charge in [-0.3, -0.25) is 10.1 Å². The van der Waals surface area contributed by atoms with E-state index in [0.717, 1.165) is 37.1 Å². The van der Waals surface area contributed by atoms with Crippen molar-refractivity contribution in [3.8, 4) is 0 Å². The molecule has 3 rings (SSSR count). The van der Waals surface area contributed by atoms with Gasteiger partial charge in [-0.1, -0.05) is 40.0 Å². The summed E-state index contributed by atoms with van der Waals surface area (Å²) in [5.41, 5.74) is 1.18. The number of anilines is 2. The first-order chi connectivity index (χ1) is 13.0. The first-order valence-electron chi connectivity index (χ1n) is 10.2. The standard InChI is InChI=1S/C22H33N3O3/c1-15(26)25-16-10-11-17(24-19(27)28-14-20(2,3)4)23-18(16)22(21(25,5)6)12-8-7-9-13-22/h10-11H,7-9,12-14H2,1-6H3,(H,23,24,27). The number of amides is 2. The zero-order valence-electron chi connectivity index (χ0n) is 18.0. The van der Waals surface area contributed by atoms with Gasteiger partial charge in [0.25, 0.3) is 0 Å². The average Bonchev–Trinajstić information content (AvgIpc) is 2.78. The summed E-state index contributed by atoms with van der Waals surface area (Å²) in [5, 5.41) is 2.76. The number of aromatic nitrogens is 1. The minimum absolute atomic E-state index is 0.0285. The van der Waals surface area contributed by atoms with Gasteiger partial charge in [-0.15, -0.1) is 0 Å². The van der Waals surface area contributed by atoms with Gasteiger partial charge < -0.3 is 9.64 Å². The first kappa shape index (κ1) is 20.6. The summed E-state index contributed by atoms with van der Waals surface area (Å²) in [6.07, 6.45) is 4.97. The van der Waals surface area contributed by atoms with Gasteiger partial charge in [0.2, 0.25) is 5.91 Å². The zero-order chi connectivity index (χ0) is 20.7. The van der Waals surface area contributed by atoms with Crippen LogP contribution in [0.4, 0.5) is 16.3 Å². The Hall–Kier alpha value is -2.11. The highest BCUT2D eigenvalue weighted by atomic mass is 16.5. The third-order valence-corrected chi connectivity index (χ3v) is 6.19. The van der Waals surface area contributed by atoms with Crippen molar-refractivity contribution in [3.05, 3.63) is 17.8 Å². The number of hydrogen-bond acceptors (Lipinski definition) is 4. The van der Waals surface area contributed by atoms with E-state index in [1.54, 1.807) is 13.0 Å². The van der Waals surface area contributed by atoms with Crippen LogP contribution in [-0.4, -0.2) is 29.1 Å². The Kier molecular flexibility index (Phi) is 5.19. The summed E-state index contributed by atoms with van der Waals surface area (Å²) in [6, 6.07) is 3.67. The van der Waals surface area contributed by atoms with E-state index in [-0.39, 0.29) is 22.3 Å². The number of ether oxygens (including phenoxy) is 1. The van der Waals surface area contributed by atoms with Crippen LogP contribution >= 0.6 is 0 Å². The van der Waals surface area contributed by atoms with E-state index in [1.165, 1.54) is 6.42 Å². The Morgan fingerprint density at radius 1 is 1.18 bits per heavy atom. The van der Waals surface area contributed by atoms with Crippen molar-refractivity contribution >= 4 is 23.5 Å². The van der Waals surface area contributed by atoms with E-state index in [4.69, 9.17) is 9.72 Å². The molecule has 0 unspecified atom stereocenters. The van der Waals surface area contributed by atoms with Gasteiger partial charge in [-0.05, 0) is 44.2 Å². The summed E-state index contributed by atoms with van der Waals surface area (Å²) < 4.78 is 5.31. The molecule has 154 valence electrons. The maximum Gasteiger partial charge on any atom is 0.412 e. The Morgan fingerprint density at radius 2 is 1.82 bits per heavy atom. The van der Waals surface area contributed by atoms with Crippen molar-refractivity contribution in [1.82, 2.24) is 4.98 Å². The molecule has 1 N–H and O–H groups in total. The second-order valence-electron chi connectivity index (χ2n) is 9.88. The monoisotopic (exact) mass is 387 g/mol. The van der Waals surface area contributed by atoms with Crippen molar-refractivity contribution in [1.29, 1.82) is 0 Å². The molecule has 2 aliphatic rings. The van der Waals surface area contributed by atoms with Crippen molar-refractivity contribution in [3.63, 3.8) is 0 Å². The van der Waals surface area contributed by atoms with E-state index in [2.05, 4.69) is 19.2 Å². The molecule has 2 heterocycles. The van der Waals surface area contributed by atoms with E-state index >= 15 is 0 Å². The molecule has 1 aliphatic carbocycles. The average molecular weight is 388 g/mol. The summed E-state index contributed by atoms with van der Waals surface area (Å²) in [5.74, 6) is 0.504. The van der Waals surface area contributed by atoms with Crippen molar-refractivity contribution < 1.29 is 14.3 Å². The minimum Gasteiger partial charge on any atom is -0.449 e. The summed E-state index contributed by atoms with van der Waals surface area (Å²) in [6.45, 7) is 12.3. The minimum atomic E-state index is -0.499. The number of hydrogen-bond donors (Lipinski definition) is 1. The van der Waals surface area contributed by atoms with Gasteiger partial charge >= 0.3 is 6.09 Å². The Labute approximate surface area is 168 Å². The second kappa shape index (κ2) is 7.05. The van der Waals surface area contributed by atoms with E-state index in [9.17, 15) is 9.59 Å². The molecule has 0 saturated heterocycles. The lowest BCUT2D eigenvalue weighted by molar-refractivity contribution is -0.118. The molecule has 6 nitrogen and oxygen atoms in total. The molecule has 0 atom stereocenters. The molecular formula is C22H33N3O3. The molecule has 1 saturated carbocycles. The number of nitrogens with zero attached hydrogens (tertiary/aromatic N) is 2. The van der Waals surface area contributed by atoms with Crippen LogP contribution in [0.15, 0.2) is 12.1 Å². The highest BCUT2D eigenvalue weighted by Crippen LogP contribution is 2.57. The van der Waals surface area contributed by atoms with Crippen molar-refractivity contribution in [2.45, 2.75) is 84.6 Å². The number of fused-ring (bicyclic) bond motifs is 2. The quantitative estimate of drug-likeness (QED) is 0.773. The maximum atomic E-state index is 12.5. The summed E-state index contributed by atoms with van der Waals surface area (Å²) in [4.78, 5) is 31.4. The number of nitrogens with one attached hydrogen (secondary N) is 1. The number of carbonyl (C=O) groups is 2. The molecular weight excluding hydrogens is 354 g/mol. The molecule has 1 spiro atoms. The fourth-order valence-corrected chi connectivity index (χ4v) is 4.85. The Bertz CT molecular complexity index is 774. The van der Waals surface area contributed by atoms with Crippen molar-refractivity contribution in [2.75, 3.05) is 16.8 Å². The van der Waals surface area contributed by atoms with Crippen LogP contribution < -0.4 is 10.2 Å². The first-order valence-corrected chi connectivity index (χ1v) is 10.2. The highest BCUT2D eigenvalue weighted by Gasteiger charge is 2.58. The van der Waals surface area contributed by atoms with Crippen molar-refractivity contribution in [2.24, 2.45) is 5.41 Å². The normalized spacial score (nSPS) is 20.0. The van der Waals surface area contributed by atoms with Crippen LogP contribution in [0, 0.1) is 5.41 Å². The van der Waals surface area contributed by atoms with Crippen LogP contribution in [0.2, 0.25) is 0 Å². The van der Waals surface area contributed by atoms with Gasteiger partial charge in [0.05, 0.1) is 23.5 Å². The lowest BCUT2D eigenvalue weighted by Gasteiger charge is -2.47. The van der Waals surface area contributed by atoms with E-state index in [0.29, 0.717) is 12.4 Å². The van der Waals surface area contributed by atoms with E-state index in [1.807, 2.05) is 31.7 Å². The molecule has 1 fully saturated rings. The van der Waals surface area contributed by atoms with Crippen LogP contribution in [0.25, 0.3) is 0 Å². The number of rotatable bonds is 2. The third-order valence-electron chi connectivity index (χ3n) is 6.19. The largest absolute Gasteiger partial charge is 0.449 e. The summed E-state index contributed by atoms with van der Waals surface area (Å²) in [7, 11) is 0. The zero-order valence-corrected chi connectivity index (χ0v) is 18.0. The van der Waals surface area contributed by atoms with E-state index < -0.39 is 6.09 Å². The van der Waals surface area contributed by atoms with Crippen LogP contribution in [-0.2, 0) is 14.9 Å². The molecule has 1 aliphatic heterocycles. The Balaban J connectivity index is 1.94. The highest BCUT2D eigenvalue weighted by molar-refractivity contribution is 5.97. The topological polar surface area (TPSA) is 71.5 Å². The smallest absolute Gasteiger partial charge is 0.412 e. The third kappa shape index (κ3) is 3.49. The van der Waals surface area contributed by atoms with Gasteiger partial charge in [0, 0.05) is 12.3 Å². The molecule has 28 heavy (non-hydrogen) atoms. The maximum absolute atomic E-state index is 12.5. The van der Waals surface area contributed by atoms with Gasteiger partial charge in [0.1, 0.15) is 5.82 Å².